The standard InChI is InChI=1S/C17H24ClN3/c1-3-21-15(12-17(19-2)10-5-4-6-11-17)20-14-9-7-8-13(18)16(14)21/h7-9,19H,3-6,10-12H2,1-2H3. The number of fused-ring (bicyclic) bond motifs is 1. The first kappa shape index (κ1) is 14.9. The number of likely N-dealkylation sites (N-methyl/N-ethyl adjacent to an activating group) is 1. The van der Waals surface area contributed by atoms with Crippen LogP contribution in [-0.4, -0.2) is 22.1 Å². The number of aromatic nitrogens is 2. The van der Waals surface area contributed by atoms with Gasteiger partial charge in [-0.3, -0.25) is 0 Å². The maximum absolute atomic E-state index is 6.39. The molecule has 1 aliphatic carbocycles. The lowest BCUT2D eigenvalue weighted by Crippen LogP contribution is -2.47. The Labute approximate surface area is 131 Å². The summed E-state index contributed by atoms with van der Waals surface area (Å²) in [6, 6.07) is 6.00. The molecule has 0 amide bonds. The number of nitrogens with zero attached hydrogens (tertiary/aromatic N) is 2. The zero-order valence-corrected chi connectivity index (χ0v) is 13.7. The van der Waals surface area contributed by atoms with Crippen LogP contribution in [0.5, 0.6) is 0 Å². The molecule has 3 rings (SSSR count). The van der Waals surface area contributed by atoms with E-state index in [0.29, 0.717) is 0 Å². The number of rotatable bonds is 4. The Morgan fingerprint density at radius 2 is 2.05 bits per heavy atom. The summed E-state index contributed by atoms with van der Waals surface area (Å²) in [4.78, 5) is 4.87. The average molecular weight is 306 g/mol. The van der Waals surface area contributed by atoms with E-state index in [0.717, 1.165) is 34.8 Å². The number of nitrogens with one attached hydrogen (secondary N) is 1. The van der Waals surface area contributed by atoms with Gasteiger partial charge < -0.3 is 9.88 Å². The Hall–Kier alpha value is -1.06. The molecule has 1 N–H and O–H groups in total. The number of aryl methyl sites for hydroxylation is 1. The zero-order chi connectivity index (χ0) is 14.9. The van der Waals surface area contributed by atoms with Gasteiger partial charge in [-0.1, -0.05) is 36.9 Å². The number of benzene rings is 1. The van der Waals surface area contributed by atoms with Gasteiger partial charge in [0, 0.05) is 18.5 Å². The van der Waals surface area contributed by atoms with E-state index >= 15 is 0 Å². The molecule has 1 heterocycles. The van der Waals surface area contributed by atoms with Gasteiger partial charge in [0.25, 0.3) is 0 Å². The molecule has 21 heavy (non-hydrogen) atoms. The summed E-state index contributed by atoms with van der Waals surface area (Å²) in [6.07, 6.45) is 7.46. The molecule has 1 aromatic heterocycles. The summed E-state index contributed by atoms with van der Waals surface area (Å²) in [6.45, 7) is 3.08. The third-order valence-electron chi connectivity index (χ3n) is 4.95. The Morgan fingerprint density at radius 1 is 1.29 bits per heavy atom. The van der Waals surface area contributed by atoms with Crippen molar-refractivity contribution >= 4 is 22.6 Å². The van der Waals surface area contributed by atoms with Crippen LogP contribution in [0.15, 0.2) is 18.2 Å². The van der Waals surface area contributed by atoms with Crippen molar-refractivity contribution in [3.8, 4) is 0 Å². The van der Waals surface area contributed by atoms with Gasteiger partial charge in [-0.25, -0.2) is 4.98 Å². The number of para-hydroxylation sites is 1. The molecule has 0 spiro atoms. The van der Waals surface area contributed by atoms with Crippen molar-refractivity contribution in [1.29, 1.82) is 0 Å². The van der Waals surface area contributed by atoms with E-state index in [1.54, 1.807) is 0 Å². The van der Waals surface area contributed by atoms with Gasteiger partial charge in [0.2, 0.25) is 0 Å². The fourth-order valence-corrected chi connectivity index (χ4v) is 3.98. The molecule has 0 saturated heterocycles. The molecule has 114 valence electrons. The van der Waals surface area contributed by atoms with Gasteiger partial charge in [-0.15, -0.1) is 0 Å². The fraction of sp³-hybridized carbons (Fsp3) is 0.588. The fourth-order valence-electron chi connectivity index (χ4n) is 3.71. The largest absolute Gasteiger partial charge is 0.327 e. The number of hydrogen-bond donors (Lipinski definition) is 1. The quantitative estimate of drug-likeness (QED) is 0.918. The van der Waals surface area contributed by atoms with Gasteiger partial charge in [-0.2, -0.15) is 0 Å². The van der Waals surface area contributed by atoms with Crippen LogP contribution in [0, 0.1) is 0 Å². The summed E-state index contributed by atoms with van der Waals surface area (Å²) >= 11 is 6.39. The highest BCUT2D eigenvalue weighted by molar-refractivity contribution is 6.35. The third-order valence-corrected chi connectivity index (χ3v) is 5.26. The Balaban J connectivity index is 2.02. The lowest BCUT2D eigenvalue weighted by molar-refractivity contribution is 0.239. The zero-order valence-electron chi connectivity index (χ0n) is 13.0. The maximum atomic E-state index is 6.39. The van der Waals surface area contributed by atoms with Crippen LogP contribution in [-0.2, 0) is 13.0 Å². The molecule has 0 aliphatic heterocycles. The van der Waals surface area contributed by atoms with E-state index in [2.05, 4.69) is 29.9 Å². The predicted molar refractivity (Wildman–Crippen MR) is 89.0 cm³/mol. The highest BCUT2D eigenvalue weighted by Crippen LogP contribution is 2.33. The minimum Gasteiger partial charge on any atom is -0.327 e. The molecular weight excluding hydrogens is 282 g/mol. The van der Waals surface area contributed by atoms with Crippen molar-refractivity contribution in [1.82, 2.24) is 14.9 Å². The topological polar surface area (TPSA) is 29.9 Å². The van der Waals surface area contributed by atoms with Crippen LogP contribution in [0.1, 0.15) is 44.9 Å². The summed E-state index contributed by atoms with van der Waals surface area (Å²) in [5.74, 6) is 1.16. The first-order valence-corrected chi connectivity index (χ1v) is 8.39. The smallest absolute Gasteiger partial charge is 0.111 e. The van der Waals surface area contributed by atoms with Crippen LogP contribution in [0.2, 0.25) is 5.02 Å². The molecule has 0 bridgehead atoms. The lowest BCUT2D eigenvalue weighted by Gasteiger charge is -2.37. The van der Waals surface area contributed by atoms with E-state index in [1.165, 1.54) is 32.1 Å². The highest BCUT2D eigenvalue weighted by Gasteiger charge is 2.32. The van der Waals surface area contributed by atoms with Gasteiger partial charge in [0.15, 0.2) is 0 Å². The molecule has 1 aromatic carbocycles. The molecule has 0 unspecified atom stereocenters. The van der Waals surface area contributed by atoms with E-state index in [4.69, 9.17) is 16.6 Å². The summed E-state index contributed by atoms with van der Waals surface area (Å²) in [5, 5.41) is 4.39. The second-order valence-corrected chi connectivity index (χ2v) is 6.55. The SMILES string of the molecule is CCn1c(CC2(NC)CCCCC2)nc2cccc(Cl)c21. The summed E-state index contributed by atoms with van der Waals surface area (Å²) in [7, 11) is 2.09. The normalized spacial score (nSPS) is 18.2. The number of imidazole rings is 1. The summed E-state index contributed by atoms with van der Waals surface area (Å²) in [5.41, 5.74) is 2.30. The van der Waals surface area contributed by atoms with Gasteiger partial charge in [-0.05, 0) is 38.9 Å². The second kappa shape index (κ2) is 5.98. The second-order valence-electron chi connectivity index (χ2n) is 6.15. The number of hydrogen-bond acceptors (Lipinski definition) is 2. The third kappa shape index (κ3) is 2.69. The van der Waals surface area contributed by atoms with E-state index in [-0.39, 0.29) is 5.54 Å². The minimum absolute atomic E-state index is 0.207. The Morgan fingerprint density at radius 3 is 2.71 bits per heavy atom. The number of halogens is 1. The first-order chi connectivity index (χ1) is 10.2. The summed E-state index contributed by atoms with van der Waals surface area (Å²) < 4.78 is 2.28. The van der Waals surface area contributed by atoms with Crippen LogP contribution in [0.4, 0.5) is 0 Å². The van der Waals surface area contributed by atoms with Crippen LogP contribution in [0.25, 0.3) is 11.0 Å². The van der Waals surface area contributed by atoms with Crippen molar-refractivity contribution in [2.75, 3.05) is 7.05 Å². The molecular formula is C17H24ClN3. The predicted octanol–water partition coefficient (Wildman–Crippen LogP) is 4.17. The van der Waals surface area contributed by atoms with Crippen molar-refractivity contribution in [3.63, 3.8) is 0 Å². The highest BCUT2D eigenvalue weighted by atomic mass is 35.5. The van der Waals surface area contributed by atoms with Gasteiger partial charge in [0.1, 0.15) is 5.82 Å². The molecule has 0 atom stereocenters. The average Bonchev–Trinajstić information content (AvgIpc) is 2.86. The monoisotopic (exact) mass is 305 g/mol. The Bertz CT molecular complexity index is 626. The maximum Gasteiger partial charge on any atom is 0.111 e. The molecule has 1 saturated carbocycles. The van der Waals surface area contributed by atoms with Crippen LogP contribution >= 0.6 is 11.6 Å². The molecule has 3 nitrogen and oxygen atoms in total. The van der Waals surface area contributed by atoms with E-state index < -0.39 is 0 Å². The Kier molecular flexibility index (Phi) is 4.23. The first-order valence-electron chi connectivity index (χ1n) is 8.01. The van der Waals surface area contributed by atoms with E-state index in [9.17, 15) is 0 Å². The molecule has 4 heteroatoms. The molecule has 1 aliphatic rings. The molecule has 0 radical (unpaired) electrons. The van der Waals surface area contributed by atoms with Gasteiger partial charge >= 0.3 is 0 Å². The van der Waals surface area contributed by atoms with Crippen LogP contribution in [0.3, 0.4) is 0 Å². The minimum atomic E-state index is 0.207. The van der Waals surface area contributed by atoms with Gasteiger partial charge in [0.05, 0.1) is 16.1 Å². The van der Waals surface area contributed by atoms with Crippen molar-refractivity contribution in [3.05, 3.63) is 29.0 Å². The van der Waals surface area contributed by atoms with Crippen molar-refractivity contribution < 1.29 is 0 Å². The lowest BCUT2D eigenvalue weighted by atomic mass is 9.79. The van der Waals surface area contributed by atoms with E-state index in [1.807, 2.05) is 12.1 Å². The van der Waals surface area contributed by atoms with Crippen molar-refractivity contribution in [2.24, 2.45) is 0 Å². The molecule has 2 aromatic rings. The molecule has 1 fully saturated rings. The van der Waals surface area contributed by atoms with Crippen molar-refractivity contribution in [2.45, 2.75) is 57.5 Å². The van der Waals surface area contributed by atoms with Crippen LogP contribution < -0.4 is 5.32 Å².